The molecule has 0 fully saturated rings. The summed E-state index contributed by atoms with van der Waals surface area (Å²) in [5.41, 5.74) is 10.6. The Kier molecular flexibility index (Phi) is 12.7. The maximum atomic E-state index is 12.6. The van der Waals surface area contributed by atoms with Crippen LogP contribution >= 0.6 is 0 Å². The minimum atomic E-state index is -1.27. The monoisotopic (exact) mass is 403 g/mol. The van der Waals surface area contributed by atoms with Crippen molar-refractivity contribution in [2.45, 2.75) is 57.7 Å². The average Bonchev–Trinajstić information content (AvgIpc) is 2.67. The topological polar surface area (TPSA) is 197 Å². The van der Waals surface area contributed by atoms with Gasteiger partial charge >= 0.3 is 5.97 Å². The van der Waals surface area contributed by atoms with Crippen LogP contribution in [0.1, 0.15) is 39.5 Å². The Labute approximate surface area is 164 Å². The van der Waals surface area contributed by atoms with Gasteiger partial charge in [0.2, 0.25) is 17.7 Å². The lowest BCUT2D eigenvalue weighted by Gasteiger charge is -2.25. The molecule has 0 saturated heterocycles. The first kappa shape index (κ1) is 25.8. The van der Waals surface area contributed by atoms with Crippen LogP contribution in [0.25, 0.3) is 0 Å². The van der Waals surface area contributed by atoms with Crippen LogP contribution in [0.2, 0.25) is 0 Å². The Bertz CT molecular complexity index is 530. The third-order valence-corrected chi connectivity index (χ3v) is 4.38. The first-order valence-corrected chi connectivity index (χ1v) is 9.35. The largest absolute Gasteiger partial charge is 0.480 e. The summed E-state index contributed by atoms with van der Waals surface area (Å²) < 4.78 is 0. The van der Waals surface area contributed by atoms with Crippen LogP contribution in [0.3, 0.4) is 0 Å². The van der Waals surface area contributed by atoms with E-state index in [2.05, 4.69) is 16.0 Å². The highest BCUT2D eigenvalue weighted by Crippen LogP contribution is 2.09. The van der Waals surface area contributed by atoms with Gasteiger partial charge in [-0.3, -0.25) is 14.4 Å². The molecule has 0 rings (SSSR count). The summed E-state index contributed by atoms with van der Waals surface area (Å²) in [5, 5.41) is 25.8. The number of aliphatic carboxylic acids is 1. The summed E-state index contributed by atoms with van der Waals surface area (Å²) in [7, 11) is 0. The van der Waals surface area contributed by atoms with Gasteiger partial charge in [0.1, 0.15) is 18.1 Å². The minimum absolute atomic E-state index is 0.227. The number of rotatable bonds is 14. The van der Waals surface area contributed by atoms with E-state index in [0.29, 0.717) is 25.8 Å². The van der Waals surface area contributed by atoms with Gasteiger partial charge in [0.25, 0.3) is 0 Å². The quantitative estimate of drug-likeness (QED) is 0.156. The molecule has 0 saturated carbocycles. The van der Waals surface area contributed by atoms with Crippen molar-refractivity contribution in [3.63, 3.8) is 0 Å². The van der Waals surface area contributed by atoms with Gasteiger partial charge in [-0.05, 0) is 31.7 Å². The highest BCUT2D eigenvalue weighted by Gasteiger charge is 2.30. The van der Waals surface area contributed by atoms with Gasteiger partial charge in [0.15, 0.2) is 0 Å². The average molecular weight is 403 g/mol. The number of amides is 3. The lowest BCUT2D eigenvalue weighted by atomic mass is 9.98. The Morgan fingerprint density at radius 2 is 1.57 bits per heavy atom. The van der Waals surface area contributed by atoms with E-state index < -0.39 is 48.4 Å². The highest BCUT2D eigenvalue weighted by atomic mass is 16.4. The summed E-state index contributed by atoms with van der Waals surface area (Å²) in [6.45, 7) is 2.86. The normalized spacial score (nSPS) is 15.0. The summed E-state index contributed by atoms with van der Waals surface area (Å²) in [6.07, 6.45) is 1.90. The van der Waals surface area contributed by atoms with Crippen molar-refractivity contribution in [3.05, 3.63) is 0 Å². The Hall–Kier alpha value is -2.24. The van der Waals surface area contributed by atoms with Crippen molar-refractivity contribution >= 4 is 23.7 Å². The molecule has 4 unspecified atom stereocenters. The first-order chi connectivity index (χ1) is 13.2. The molecule has 11 nitrogen and oxygen atoms in total. The molecule has 0 aromatic rings. The minimum Gasteiger partial charge on any atom is -0.480 e. The second kappa shape index (κ2) is 13.9. The zero-order valence-electron chi connectivity index (χ0n) is 16.4. The number of hydrogen-bond donors (Lipinski definition) is 7. The molecule has 4 atom stereocenters. The number of unbranched alkanes of at least 4 members (excludes halogenated alkanes) is 1. The van der Waals surface area contributed by atoms with Gasteiger partial charge in [-0.25, -0.2) is 4.79 Å². The fourth-order valence-corrected chi connectivity index (χ4v) is 2.42. The van der Waals surface area contributed by atoms with E-state index in [-0.39, 0.29) is 18.9 Å². The zero-order chi connectivity index (χ0) is 21.7. The maximum Gasteiger partial charge on any atom is 0.326 e. The molecule has 0 heterocycles. The van der Waals surface area contributed by atoms with Crippen molar-refractivity contribution in [1.29, 1.82) is 0 Å². The van der Waals surface area contributed by atoms with Crippen LogP contribution in [0.5, 0.6) is 0 Å². The Morgan fingerprint density at radius 1 is 0.964 bits per heavy atom. The predicted molar refractivity (Wildman–Crippen MR) is 102 cm³/mol. The molecule has 0 aliphatic rings. The van der Waals surface area contributed by atoms with Crippen LogP contribution in [-0.4, -0.2) is 71.7 Å². The van der Waals surface area contributed by atoms with Crippen molar-refractivity contribution in [2.75, 3.05) is 19.7 Å². The number of carbonyl (C=O) groups is 4. The van der Waals surface area contributed by atoms with Crippen molar-refractivity contribution < 1.29 is 29.4 Å². The number of nitrogens with two attached hydrogens (primary N) is 2. The Balaban J connectivity index is 5.22. The molecule has 0 bridgehead atoms. The highest BCUT2D eigenvalue weighted by molar-refractivity contribution is 5.93. The van der Waals surface area contributed by atoms with Crippen LogP contribution < -0.4 is 27.4 Å². The number of hydrogen-bond acceptors (Lipinski definition) is 7. The van der Waals surface area contributed by atoms with Crippen molar-refractivity contribution in [1.82, 2.24) is 16.0 Å². The molecule has 0 aromatic heterocycles. The lowest BCUT2D eigenvalue weighted by Crippen LogP contribution is -2.57. The lowest BCUT2D eigenvalue weighted by molar-refractivity contribution is -0.144. The first-order valence-electron chi connectivity index (χ1n) is 9.35. The third-order valence-electron chi connectivity index (χ3n) is 4.38. The van der Waals surface area contributed by atoms with Crippen LogP contribution in [0, 0.1) is 5.92 Å². The zero-order valence-corrected chi connectivity index (χ0v) is 16.4. The van der Waals surface area contributed by atoms with Crippen LogP contribution in [0.15, 0.2) is 0 Å². The maximum absolute atomic E-state index is 12.6. The Morgan fingerprint density at radius 3 is 2.04 bits per heavy atom. The summed E-state index contributed by atoms with van der Waals surface area (Å²) in [6, 6.07) is -3.41. The van der Waals surface area contributed by atoms with E-state index in [1.165, 1.54) is 0 Å². The van der Waals surface area contributed by atoms with E-state index in [1.54, 1.807) is 13.8 Å². The summed E-state index contributed by atoms with van der Waals surface area (Å²) in [5.74, 6) is -3.54. The van der Waals surface area contributed by atoms with Gasteiger partial charge in [-0.15, -0.1) is 0 Å². The van der Waals surface area contributed by atoms with Crippen molar-refractivity contribution in [2.24, 2.45) is 17.4 Å². The van der Waals surface area contributed by atoms with E-state index in [4.69, 9.17) is 11.5 Å². The number of carbonyl (C=O) groups excluding carboxylic acids is 3. The van der Waals surface area contributed by atoms with E-state index in [1.807, 2.05) is 0 Å². The number of carboxylic acid groups (broad SMARTS) is 1. The molecule has 0 aliphatic carbocycles. The molecule has 0 aliphatic heterocycles. The van der Waals surface area contributed by atoms with Gasteiger partial charge in [-0.1, -0.05) is 20.3 Å². The molecule has 0 aromatic carbocycles. The standard InChI is InChI=1S/C17H33N5O6/c1-3-10(2)14(17(27)28)22-15(25)11(6-4-5-7-18)21-16(26)12(9-23)20-13(24)8-19/h10-12,14,23H,3-9,18-19H2,1-2H3,(H,20,24)(H,21,26)(H,22,25)(H,27,28). The molecular formula is C17H33N5O6. The molecule has 11 heteroatoms. The molecular weight excluding hydrogens is 370 g/mol. The number of aliphatic hydroxyl groups is 1. The van der Waals surface area contributed by atoms with E-state index >= 15 is 0 Å². The summed E-state index contributed by atoms with van der Waals surface area (Å²) in [4.78, 5) is 47.7. The summed E-state index contributed by atoms with van der Waals surface area (Å²) >= 11 is 0. The number of nitrogens with one attached hydrogen (secondary N) is 3. The second-order valence-electron chi connectivity index (χ2n) is 6.56. The number of aliphatic hydroxyl groups excluding tert-OH is 1. The van der Waals surface area contributed by atoms with Gasteiger partial charge < -0.3 is 37.6 Å². The van der Waals surface area contributed by atoms with Gasteiger partial charge in [0.05, 0.1) is 13.2 Å². The second-order valence-corrected chi connectivity index (χ2v) is 6.56. The van der Waals surface area contributed by atoms with Gasteiger partial charge in [0, 0.05) is 0 Å². The molecule has 9 N–H and O–H groups in total. The van der Waals surface area contributed by atoms with E-state index in [0.717, 1.165) is 0 Å². The molecule has 162 valence electrons. The van der Waals surface area contributed by atoms with Crippen molar-refractivity contribution in [3.8, 4) is 0 Å². The fourth-order valence-electron chi connectivity index (χ4n) is 2.42. The molecule has 3 amide bonds. The molecule has 28 heavy (non-hydrogen) atoms. The molecule has 0 spiro atoms. The predicted octanol–water partition coefficient (Wildman–Crippen LogP) is -2.35. The fraction of sp³-hybridized carbons (Fsp3) is 0.765. The number of carboxylic acids is 1. The SMILES string of the molecule is CCC(C)C(NC(=O)C(CCCCN)NC(=O)C(CO)NC(=O)CN)C(=O)O. The smallest absolute Gasteiger partial charge is 0.326 e. The van der Waals surface area contributed by atoms with E-state index in [9.17, 15) is 29.4 Å². The van der Waals surface area contributed by atoms with Crippen LogP contribution in [0.4, 0.5) is 0 Å². The van der Waals surface area contributed by atoms with Gasteiger partial charge in [-0.2, -0.15) is 0 Å². The van der Waals surface area contributed by atoms with Crippen LogP contribution in [-0.2, 0) is 19.2 Å². The third kappa shape index (κ3) is 9.11. The molecule has 0 radical (unpaired) electrons.